The number of halogens is 2. The number of fused-ring (bicyclic) bond motifs is 1. The first-order chi connectivity index (χ1) is 6.88. The van der Waals surface area contributed by atoms with Crippen LogP contribution >= 0.6 is 0 Å². The SMILES string of the molecule is CC(C)(O)c1nc2cc(F)c(F)cc2[nH]1. The van der Waals surface area contributed by atoms with E-state index in [1.807, 2.05) is 0 Å². The van der Waals surface area contributed by atoms with Gasteiger partial charge in [0, 0.05) is 12.1 Å². The number of nitrogens with one attached hydrogen (secondary N) is 1. The van der Waals surface area contributed by atoms with Gasteiger partial charge < -0.3 is 10.1 Å². The third-order valence-electron chi connectivity index (χ3n) is 2.10. The first-order valence-corrected chi connectivity index (χ1v) is 4.45. The Balaban J connectivity index is 2.66. The second-order valence-corrected chi connectivity index (χ2v) is 3.93. The van der Waals surface area contributed by atoms with E-state index in [-0.39, 0.29) is 5.82 Å². The van der Waals surface area contributed by atoms with Crippen LogP contribution in [0, 0.1) is 11.6 Å². The second kappa shape index (κ2) is 3.00. The number of aromatic amines is 1. The smallest absolute Gasteiger partial charge is 0.161 e. The minimum absolute atomic E-state index is 0.280. The molecular formula is C10H10F2N2O. The van der Waals surface area contributed by atoms with Crippen molar-refractivity contribution < 1.29 is 13.9 Å². The van der Waals surface area contributed by atoms with Gasteiger partial charge in [0.15, 0.2) is 11.6 Å². The number of H-pyrrole nitrogens is 1. The molecule has 1 aromatic carbocycles. The topological polar surface area (TPSA) is 48.9 Å². The summed E-state index contributed by atoms with van der Waals surface area (Å²) in [6.45, 7) is 3.08. The minimum atomic E-state index is -1.16. The summed E-state index contributed by atoms with van der Waals surface area (Å²) in [6, 6.07) is 2.02. The lowest BCUT2D eigenvalue weighted by molar-refractivity contribution is 0.0700. The Morgan fingerprint density at radius 3 is 2.47 bits per heavy atom. The molecule has 0 spiro atoms. The molecule has 0 unspecified atom stereocenters. The van der Waals surface area contributed by atoms with E-state index in [4.69, 9.17) is 0 Å². The highest BCUT2D eigenvalue weighted by Gasteiger charge is 2.21. The summed E-state index contributed by atoms with van der Waals surface area (Å²) in [4.78, 5) is 6.71. The van der Waals surface area contributed by atoms with Crippen LogP contribution in [-0.2, 0) is 5.60 Å². The molecule has 1 heterocycles. The summed E-state index contributed by atoms with van der Waals surface area (Å²) in [5, 5.41) is 9.65. The molecule has 0 fully saturated rings. The summed E-state index contributed by atoms with van der Waals surface area (Å²) in [5.74, 6) is -1.60. The average molecular weight is 212 g/mol. The molecule has 0 amide bonds. The van der Waals surface area contributed by atoms with Crippen molar-refractivity contribution in [3.8, 4) is 0 Å². The molecule has 0 aliphatic heterocycles. The van der Waals surface area contributed by atoms with Crippen LogP contribution in [-0.4, -0.2) is 15.1 Å². The molecule has 0 aliphatic rings. The molecule has 15 heavy (non-hydrogen) atoms. The molecule has 2 N–H and O–H groups in total. The largest absolute Gasteiger partial charge is 0.383 e. The van der Waals surface area contributed by atoms with Crippen LogP contribution in [0.4, 0.5) is 8.78 Å². The van der Waals surface area contributed by atoms with Crippen LogP contribution in [0.3, 0.4) is 0 Å². The highest BCUT2D eigenvalue weighted by atomic mass is 19.2. The Labute approximate surface area is 84.8 Å². The Morgan fingerprint density at radius 2 is 1.87 bits per heavy atom. The standard InChI is InChI=1S/C10H10F2N2O/c1-10(2,15)9-13-7-3-5(11)6(12)4-8(7)14-9/h3-4,15H,1-2H3,(H,13,14). The van der Waals surface area contributed by atoms with E-state index in [0.29, 0.717) is 11.0 Å². The highest BCUT2D eigenvalue weighted by Crippen LogP contribution is 2.22. The van der Waals surface area contributed by atoms with Crippen LogP contribution in [0.25, 0.3) is 11.0 Å². The maximum Gasteiger partial charge on any atom is 0.161 e. The quantitative estimate of drug-likeness (QED) is 0.760. The van der Waals surface area contributed by atoms with Gasteiger partial charge in [-0.15, -0.1) is 0 Å². The van der Waals surface area contributed by atoms with E-state index in [1.54, 1.807) is 0 Å². The third-order valence-corrected chi connectivity index (χ3v) is 2.10. The first-order valence-electron chi connectivity index (χ1n) is 4.45. The van der Waals surface area contributed by atoms with Crippen LogP contribution in [0.5, 0.6) is 0 Å². The number of hydrogen-bond donors (Lipinski definition) is 2. The predicted molar refractivity (Wildman–Crippen MR) is 51.3 cm³/mol. The third kappa shape index (κ3) is 1.70. The van der Waals surface area contributed by atoms with E-state index in [0.717, 1.165) is 12.1 Å². The molecule has 0 saturated heterocycles. The molecule has 2 aromatic rings. The van der Waals surface area contributed by atoms with Gasteiger partial charge in [-0.3, -0.25) is 0 Å². The molecule has 0 bridgehead atoms. The van der Waals surface area contributed by atoms with Crippen molar-refractivity contribution in [1.82, 2.24) is 9.97 Å². The summed E-state index contributed by atoms with van der Waals surface area (Å²) < 4.78 is 25.7. The van der Waals surface area contributed by atoms with Crippen LogP contribution in [0.15, 0.2) is 12.1 Å². The zero-order chi connectivity index (χ0) is 11.2. The molecule has 0 atom stereocenters. The number of nitrogens with zero attached hydrogens (tertiary/aromatic N) is 1. The molecule has 2 rings (SSSR count). The van der Waals surface area contributed by atoms with E-state index in [1.165, 1.54) is 13.8 Å². The molecule has 0 radical (unpaired) electrons. The van der Waals surface area contributed by atoms with Gasteiger partial charge in [0.25, 0.3) is 0 Å². The minimum Gasteiger partial charge on any atom is -0.383 e. The van der Waals surface area contributed by atoms with Gasteiger partial charge in [-0.05, 0) is 13.8 Å². The zero-order valence-electron chi connectivity index (χ0n) is 8.31. The van der Waals surface area contributed by atoms with Crippen LogP contribution in [0.2, 0.25) is 0 Å². The summed E-state index contributed by atoms with van der Waals surface area (Å²) in [6.07, 6.45) is 0. The van der Waals surface area contributed by atoms with Gasteiger partial charge in [0.2, 0.25) is 0 Å². The number of rotatable bonds is 1. The van der Waals surface area contributed by atoms with Crippen molar-refractivity contribution in [2.45, 2.75) is 19.4 Å². The number of benzene rings is 1. The summed E-state index contributed by atoms with van der Waals surface area (Å²) in [5.41, 5.74) is -0.497. The Morgan fingerprint density at radius 1 is 1.27 bits per heavy atom. The van der Waals surface area contributed by atoms with Crippen molar-refractivity contribution in [2.24, 2.45) is 0 Å². The van der Waals surface area contributed by atoms with Crippen LogP contribution < -0.4 is 0 Å². The number of aliphatic hydroxyl groups is 1. The molecule has 80 valence electrons. The van der Waals surface area contributed by atoms with Crippen molar-refractivity contribution in [1.29, 1.82) is 0 Å². The first kappa shape index (κ1) is 10.0. The lowest BCUT2D eigenvalue weighted by Gasteiger charge is -2.12. The van der Waals surface area contributed by atoms with Crippen molar-refractivity contribution >= 4 is 11.0 Å². The Kier molecular flexibility index (Phi) is 2.01. The van der Waals surface area contributed by atoms with Crippen molar-refractivity contribution in [3.63, 3.8) is 0 Å². The average Bonchev–Trinajstić information content (AvgIpc) is 2.47. The Hall–Kier alpha value is -1.49. The number of aromatic nitrogens is 2. The van der Waals surface area contributed by atoms with E-state index < -0.39 is 17.2 Å². The van der Waals surface area contributed by atoms with E-state index >= 15 is 0 Å². The normalized spacial score (nSPS) is 12.3. The predicted octanol–water partition coefficient (Wildman–Crippen LogP) is 2.07. The number of imidazole rings is 1. The maximum atomic E-state index is 12.9. The van der Waals surface area contributed by atoms with Crippen LogP contribution in [0.1, 0.15) is 19.7 Å². The lowest BCUT2D eigenvalue weighted by Crippen LogP contribution is -2.17. The monoisotopic (exact) mass is 212 g/mol. The van der Waals surface area contributed by atoms with Gasteiger partial charge in [-0.2, -0.15) is 0 Å². The Bertz CT molecular complexity index is 475. The van der Waals surface area contributed by atoms with Crippen molar-refractivity contribution in [2.75, 3.05) is 0 Å². The zero-order valence-corrected chi connectivity index (χ0v) is 8.31. The van der Waals surface area contributed by atoms with Gasteiger partial charge in [-0.1, -0.05) is 0 Å². The molecule has 0 aliphatic carbocycles. The molecule has 0 saturated carbocycles. The molecule has 1 aromatic heterocycles. The number of hydrogen-bond acceptors (Lipinski definition) is 2. The van der Waals surface area contributed by atoms with Gasteiger partial charge in [-0.25, -0.2) is 13.8 Å². The highest BCUT2D eigenvalue weighted by molar-refractivity contribution is 5.75. The van der Waals surface area contributed by atoms with E-state index in [2.05, 4.69) is 9.97 Å². The van der Waals surface area contributed by atoms with Crippen molar-refractivity contribution in [3.05, 3.63) is 29.6 Å². The summed E-state index contributed by atoms with van der Waals surface area (Å²) >= 11 is 0. The summed E-state index contributed by atoms with van der Waals surface area (Å²) in [7, 11) is 0. The van der Waals surface area contributed by atoms with E-state index in [9.17, 15) is 13.9 Å². The second-order valence-electron chi connectivity index (χ2n) is 3.93. The van der Waals surface area contributed by atoms with Gasteiger partial charge in [0.05, 0.1) is 11.0 Å². The maximum absolute atomic E-state index is 12.9. The molecule has 3 nitrogen and oxygen atoms in total. The molecule has 5 heteroatoms. The van der Waals surface area contributed by atoms with Gasteiger partial charge >= 0.3 is 0 Å². The molecular weight excluding hydrogens is 202 g/mol. The fourth-order valence-corrected chi connectivity index (χ4v) is 1.29. The van der Waals surface area contributed by atoms with Gasteiger partial charge in [0.1, 0.15) is 11.4 Å². The fraction of sp³-hybridized carbons (Fsp3) is 0.300. The fourth-order valence-electron chi connectivity index (χ4n) is 1.29. The lowest BCUT2D eigenvalue weighted by atomic mass is 10.1.